The minimum atomic E-state index is -0.732. The van der Waals surface area contributed by atoms with Gasteiger partial charge in [-0.3, -0.25) is 4.79 Å². The number of aliphatic carboxylic acids is 1. The van der Waals surface area contributed by atoms with Crippen LogP contribution in [0.1, 0.15) is 58.3 Å². The molecule has 0 spiro atoms. The van der Waals surface area contributed by atoms with Crippen LogP contribution in [-0.2, 0) is 4.79 Å². The molecule has 0 bridgehead atoms. The topological polar surface area (TPSA) is 77.8 Å². The van der Waals surface area contributed by atoms with Crippen LogP contribution in [0.5, 0.6) is 0 Å². The molecule has 0 saturated heterocycles. The lowest BCUT2D eigenvalue weighted by atomic mass is 10.1. The highest BCUT2D eigenvalue weighted by molar-refractivity contribution is 5.66. The Bertz CT molecular complexity index is 486. The van der Waals surface area contributed by atoms with Crippen molar-refractivity contribution >= 4 is 5.97 Å². The van der Waals surface area contributed by atoms with E-state index in [4.69, 9.17) is 5.11 Å². The third kappa shape index (κ3) is 18.4. The SMILES string of the molecule is CCC(O)/C=C/C=C/C/C=C/C=C/C(O)C/C=C/CCCCCC(=O)O. The Balaban J connectivity index is 3.71. The van der Waals surface area contributed by atoms with Crippen LogP contribution in [0.25, 0.3) is 0 Å². The molecule has 0 rings (SSSR count). The van der Waals surface area contributed by atoms with Crippen molar-refractivity contribution < 1.29 is 20.1 Å². The molecule has 0 saturated carbocycles. The summed E-state index contributed by atoms with van der Waals surface area (Å²) in [5.41, 5.74) is 0. The molecule has 0 fully saturated rings. The fraction of sp³-hybridized carbons (Fsp3) is 0.500. The number of rotatable bonds is 15. The number of hydrogen-bond acceptors (Lipinski definition) is 3. The van der Waals surface area contributed by atoms with Gasteiger partial charge in [0, 0.05) is 6.42 Å². The largest absolute Gasteiger partial charge is 0.481 e. The minimum Gasteiger partial charge on any atom is -0.481 e. The molecule has 4 nitrogen and oxygen atoms in total. The summed E-state index contributed by atoms with van der Waals surface area (Å²) in [6, 6.07) is 0. The van der Waals surface area contributed by atoms with Gasteiger partial charge in [-0.05, 0) is 38.5 Å². The quantitative estimate of drug-likeness (QED) is 0.224. The molecule has 0 aromatic heterocycles. The lowest BCUT2D eigenvalue weighted by Gasteiger charge is -1.99. The highest BCUT2D eigenvalue weighted by Gasteiger charge is 1.96. The molecule has 3 N–H and O–H groups in total. The van der Waals surface area contributed by atoms with Crippen LogP contribution in [0.3, 0.4) is 0 Å². The van der Waals surface area contributed by atoms with Crippen molar-refractivity contribution in [2.45, 2.75) is 70.5 Å². The zero-order valence-electron chi connectivity index (χ0n) is 15.8. The molecule has 0 aromatic rings. The average Bonchev–Trinajstić information content (AvgIpc) is 2.61. The summed E-state index contributed by atoms with van der Waals surface area (Å²) in [5, 5.41) is 27.7. The predicted molar refractivity (Wildman–Crippen MR) is 108 cm³/mol. The molecule has 0 aliphatic heterocycles. The Kier molecular flexibility index (Phi) is 16.6. The zero-order valence-corrected chi connectivity index (χ0v) is 15.8. The van der Waals surface area contributed by atoms with Crippen molar-refractivity contribution in [1.82, 2.24) is 0 Å². The molecule has 0 amide bonds. The standard InChI is InChI=1S/C22H34O4/c1-2-20(23)16-12-8-4-3-5-9-13-17-21(24)18-14-10-6-7-11-15-19-22(25)26/h4-5,8-10,12-14,16-17,20-21,23-24H,2-3,6-7,11,15,18-19H2,1H3,(H,25,26)/b8-4+,9-5+,14-10+,16-12+,17-13+. The second-order valence-corrected chi connectivity index (χ2v) is 6.10. The molecule has 2 unspecified atom stereocenters. The number of hydrogen-bond donors (Lipinski definition) is 3. The molecule has 0 heterocycles. The van der Waals surface area contributed by atoms with Crippen LogP contribution in [0, 0.1) is 0 Å². The molecule has 4 heteroatoms. The van der Waals surface area contributed by atoms with Crippen molar-refractivity contribution in [2.24, 2.45) is 0 Å². The third-order valence-electron chi connectivity index (χ3n) is 3.66. The first-order valence-corrected chi connectivity index (χ1v) is 9.45. The van der Waals surface area contributed by atoms with Crippen molar-refractivity contribution in [3.8, 4) is 0 Å². The summed E-state index contributed by atoms with van der Waals surface area (Å²) < 4.78 is 0. The van der Waals surface area contributed by atoms with Gasteiger partial charge < -0.3 is 15.3 Å². The zero-order chi connectivity index (χ0) is 19.5. The first-order valence-electron chi connectivity index (χ1n) is 9.45. The van der Waals surface area contributed by atoms with Crippen molar-refractivity contribution in [1.29, 1.82) is 0 Å². The number of carbonyl (C=O) groups is 1. The molecule has 0 aliphatic rings. The van der Waals surface area contributed by atoms with E-state index < -0.39 is 12.1 Å². The van der Waals surface area contributed by atoms with Gasteiger partial charge in [0.15, 0.2) is 0 Å². The molecule has 0 aliphatic carbocycles. The molecular weight excluding hydrogens is 328 g/mol. The maximum absolute atomic E-state index is 10.4. The second-order valence-electron chi connectivity index (χ2n) is 6.10. The second kappa shape index (κ2) is 17.9. The smallest absolute Gasteiger partial charge is 0.303 e. The number of aliphatic hydroxyl groups is 2. The van der Waals surface area contributed by atoms with Crippen molar-refractivity contribution in [2.75, 3.05) is 0 Å². The van der Waals surface area contributed by atoms with E-state index in [1.54, 1.807) is 12.2 Å². The summed E-state index contributed by atoms with van der Waals surface area (Å²) in [6.07, 6.45) is 24.1. The van der Waals surface area contributed by atoms with Gasteiger partial charge in [0.2, 0.25) is 0 Å². The van der Waals surface area contributed by atoms with Crippen molar-refractivity contribution in [3.63, 3.8) is 0 Å². The predicted octanol–water partition coefficient (Wildman–Crippen LogP) is 4.71. The maximum Gasteiger partial charge on any atom is 0.303 e. The third-order valence-corrected chi connectivity index (χ3v) is 3.66. The molecule has 0 aromatic carbocycles. The molecule has 26 heavy (non-hydrogen) atoms. The van der Waals surface area contributed by atoms with Crippen molar-refractivity contribution in [3.05, 3.63) is 60.8 Å². The molecule has 2 atom stereocenters. The van der Waals surface area contributed by atoms with E-state index >= 15 is 0 Å². The Labute approximate surface area is 157 Å². The summed E-state index contributed by atoms with van der Waals surface area (Å²) in [7, 11) is 0. The van der Waals surface area contributed by atoms with Gasteiger partial charge in [0.25, 0.3) is 0 Å². The Morgan fingerprint density at radius 1 is 0.846 bits per heavy atom. The van der Waals surface area contributed by atoms with E-state index in [0.717, 1.165) is 38.5 Å². The van der Waals surface area contributed by atoms with Crippen LogP contribution in [0.15, 0.2) is 60.8 Å². The van der Waals surface area contributed by atoms with Crippen LogP contribution < -0.4 is 0 Å². The summed E-state index contributed by atoms with van der Waals surface area (Å²) >= 11 is 0. The highest BCUT2D eigenvalue weighted by atomic mass is 16.4. The minimum absolute atomic E-state index is 0.245. The number of carboxylic acid groups (broad SMARTS) is 1. The number of aliphatic hydroxyl groups excluding tert-OH is 2. The Hall–Kier alpha value is -1.91. The van der Waals surface area contributed by atoms with Gasteiger partial charge in [-0.1, -0.05) is 74.1 Å². The number of unbranched alkanes of at least 4 members (excludes halogenated alkanes) is 3. The summed E-state index contributed by atoms with van der Waals surface area (Å²) in [5.74, 6) is -0.732. The number of carboxylic acids is 1. The van der Waals surface area contributed by atoms with Crippen LogP contribution in [0.2, 0.25) is 0 Å². The molecule has 146 valence electrons. The van der Waals surface area contributed by atoms with E-state index in [1.807, 2.05) is 55.5 Å². The van der Waals surface area contributed by atoms with E-state index in [0.29, 0.717) is 6.42 Å². The Morgan fingerprint density at radius 2 is 1.50 bits per heavy atom. The highest BCUT2D eigenvalue weighted by Crippen LogP contribution is 2.05. The van der Waals surface area contributed by atoms with E-state index in [-0.39, 0.29) is 12.5 Å². The van der Waals surface area contributed by atoms with Gasteiger partial charge in [-0.2, -0.15) is 0 Å². The first kappa shape index (κ1) is 24.1. The molecule has 0 radical (unpaired) electrons. The normalized spacial score (nSPS) is 15.2. The fourth-order valence-electron chi connectivity index (χ4n) is 2.06. The van der Waals surface area contributed by atoms with E-state index in [1.165, 1.54) is 0 Å². The number of allylic oxidation sites excluding steroid dienone is 7. The van der Waals surface area contributed by atoms with Gasteiger partial charge in [-0.15, -0.1) is 0 Å². The van der Waals surface area contributed by atoms with Crippen LogP contribution in [0.4, 0.5) is 0 Å². The van der Waals surface area contributed by atoms with Crippen LogP contribution in [-0.4, -0.2) is 33.5 Å². The van der Waals surface area contributed by atoms with E-state index in [2.05, 4.69) is 0 Å². The monoisotopic (exact) mass is 362 g/mol. The lowest BCUT2D eigenvalue weighted by Crippen LogP contribution is -1.98. The summed E-state index contributed by atoms with van der Waals surface area (Å²) in [4.78, 5) is 10.4. The van der Waals surface area contributed by atoms with Gasteiger partial charge in [0.1, 0.15) is 0 Å². The molecular formula is C22H34O4. The average molecular weight is 363 g/mol. The lowest BCUT2D eigenvalue weighted by molar-refractivity contribution is -0.137. The fourth-order valence-corrected chi connectivity index (χ4v) is 2.06. The summed E-state index contributed by atoms with van der Waals surface area (Å²) in [6.45, 7) is 1.93. The maximum atomic E-state index is 10.4. The van der Waals surface area contributed by atoms with E-state index in [9.17, 15) is 15.0 Å². The van der Waals surface area contributed by atoms with Gasteiger partial charge in [-0.25, -0.2) is 0 Å². The van der Waals surface area contributed by atoms with Gasteiger partial charge >= 0.3 is 5.97 Å². The van der Waals surface area contributed by atoms with Gasteiger partial charge in [0.05, 0.1) is 12.2 Å². The van der Waals surface area contributed by atoms with Crippen LogP contribution >= 0.6 is 0 Å². The Morgan fingerprint density at radius 3 is 2.12 bits per heavy atom. The first-order chi connectivity index (χ1) is 12.6.